The van der Waals surface area contributed by atoms with Gasteiger partial charge in [0.25, 0.3) is 0 Å². The summed E-state index contributed by atoms with van der Waals surface area (Å²) in [5, 5.41) is 0. The first-order chi connectivity index (χ1) is 8.38. The van der Waals surface area contributed by atoms with Crippen LogP contribution in [0, 0.1) is 0 Å². The molecule has 1 unspecified atom stereocenters. The minimum absolute atomic E-state index is 0. The normalized spacial score (nSPS) is 20.2. The monoisotopic (exact) mass is 272 g/mol. The van der Waals surface area contributed by atoms with Gasteiger partial charge in [0.2, 0.25) is 0 Å². The third kappa shape index (κ3) is 4.82. The molecular formula is C13H21ClN2O2. The second-order valence-electron chi connectivity index (χ2n) is 4.19. The summed E-state index contributed by atoms with van der Waals surface area (Å²) in [6, 6.07) is 9.90. The number of benzene rings is 1. The van der Waals surface area contributed by atoms with Crippen molar-refractivity contribution in [2.24, 2.45) is 5.73 Å². The van der Waals surface area contributed by atoms with Gasteiger partial charge in [-0.1, -0.05) is 18.2 Å². The van der Waals surface area contributed by atoms with E-state index >= 15 is 0 Å². The molecule has 1 fully saturated rings. The van der Waals surface area contributed by atoms with E-state index < -0.39 is 0 Å². The van der Waals surface area contributed by atoms with Gasteiger partial charge in [-0.15, -0.1) is 12.4 Å². The van der Waals surface area contributed by atoms with E-state index in [1.807, 2.05) is 30.3 Å². The second-order valence-corrected chi connectivity index (χ2v) is 4.19. The zero-order chi connectivity index (χ0) is 11.9. The number of halogens is 1. The summed E-state index contributed by atoms with van der Waals surface area (Å²) >= 11 is 0. The van der Waals surface area contributed by atoms with E-state index in [1.165, 1.54) is 0 Å². The van der Waals surface area contributed by atoms with Crippen LogP contribution in [-0.4, -0.2) is 50.4 Å². The van der Waals surface area contributed by atoms with Crippen molar-refractivity contribution in [3.8, 4) is 5.75 Å². The van der Waals surface area contributed by atoms with Crippen LogP contribution >= 0.6 is 12.4 Å². The maximum absolute atomic E-state index is 5.66. The van der Waals surface area contributed by atoms with Crippen LogP contribution in [0.25, 0.3) is 0 Å². The number of ether oxygens (including phenoxy) is 2. The molecule has 2 rings (SSSR count). The van der Waals surface area contributed by atoms with Gasteiger partial charge in [0, 0.05) is 26.2 Å². The largest absolute Gasteiger partial charge is 0.492 e. The minimum atomic E-state index is 0. The van der Waals surface area contributed by atoms with Crippen molar-refractivity contribution >= 4 is 12.4 Å². The van der Waals surface area contributed by atoms with Crippen molar-refractivity contribution in [2.75, 3.05) is 39.4 Å². The molecule has 5 heteroatoms. The van der Waals surface area contributed by atoms with Crippen molar-refractivity contribution in [1.82, 2.24) is 4.90 Å². The molecular weight excluding hydrogens is 252 g/mol. The van der Waals surface area contributed by atoms with Crippen LogP contribution in [0.2, 0.25) is 0 Å². The van der Waals surface area contributed by atoms with Crippen LogP contribution < -0.4 is 10.5 Å². The predicted molar refractivity (Wildman–Crippen MR) is 74.4 cm³/mol. The van der Waals surface area contributed by atoms with Crippen molar-refractivity contribution < 1.29 is 9.47 Å². The van der Waals surface area contributed by atoms with E-state index in [4.69, 9.17) is 15.2 Å². The summed E-state index contributed by atoms with van der Waals surface area (Å²) in [7, 11) is 0. The Balaban J connectivity index is 0.00000162. The average Bonchev–Trinajstić information content (AvgIpc) is 2.40. The Bertz CT molecular complexity index is 324. The van der Waals surface area contributed by atoms with Gasteiger partial charge in [0.1, 0.15) is 12.4 Å². The third-order valence-corrected chi connectivity index (χ3v) is 2.91. The van der Waals surface area contributed by atoms with Gasteiger partial charge in [-0.3, -0.25) is 4.90 Å². The van der Waals surface area contributed by atoms with Gasteiger partial charge < -0.3 is 15.2 Å². The summed E-state index contributed by atoms with van der Waals surface area (Å²) in [4.78, 5) is 2.34. The van der Waals surface area contributed by atoms with Crippen LogP contribution in [0.3, 0.4) is 0 Å². The molecule has 102 valence electrons. The van der Waals surface area contributed by atoms with Crippen molar-refractivity contribution in [3.05, 3.63) is 30.3 Å². The van der Waals surface area contributed by atoms with Gasteiger partial charge >= 0.3 is 0 Å². The molecule has 0 aromatic heterocycles. The Morgan fingerprint density at radius 2 is 2.11 bits per heavy atom. The summed E-state index contributed by atoms with van der Waals surface area (Å²) in [6.45, 7) is 4.88. The Kier molecular flexibility index (Phi) is 7.05. The van der Waals surface area contributed by atoms with E-state index in [-0.39, 0.29) is 18.5 Å². The van der Waals surface area contributed by atoms with Gasteiger partial charge in [-0.05, 0) is 12.1 Å². The van der Waals surface area contributed by atoms with Crippen LogP contribution in [-0.2, 0) is 4.74 Å². The maximum Gasteiger partial charge on any atom is 0.119 e. The summed E-state index contributed by atoms with van der Waals surface area (Å²) < 4.78 is 11.2. The fourth-order valence-electron chi connectivity index (χ4n) is 1.94. The zero-order valence-electron chi connectivity index (χ0n) is 10.5. The standard InChI is InChI=1S/C13H20N2O2.ClH/c14-10-13-11-15(7-9-17-13)6-8-16-12-4-2-1-3-5-12;/h1-5,13H,6-11,14H2;1H. The minimum Gasteiger partial charge on any atom is -0.492 e. The highest BCUT2D eigenvalue weighted by atomic mass is 35.5. The van der Waals surface area contributed by atoms with E-state index in [2.05, 4.69) is 4.90 Å². The number of rotatable bonds is 5. The fourth-order valence-corrected chi connectivity index (χ4v) is 1.94. The lowest BCUT2D eigenvalue weighted by molar-refractivity contribution is -0.0261. The Labute approximate surface area is 114 Å². The van der Waals surface area contributed by atoms with Crippen LogP contribution in [0.1, 0.15) is 0 Å². The molecule has 0 spiro atoms. The predicted octanol–water partition coefficient (Wildman–Crippen LogP) is 1.15. The lowest BCUT2D eigenvalue weighted by atomic mass is 10.3. The van der Waals surface area contributed by atoms with Gasteiger partial charge in [-0.25, -0.2) is 0 Å². The molecule has 0 saturated carbocycles. The highest BCUT2D eigenvalue weighted by Crippen LogP contribution is 2.09. The molecule has 0 bridgehead atoms. The first-order valence-corrected chi connectivity index (χ1v) is 6.10. The SMILES string of the molecule is Cl.NCC1CN(CCOc2ccccc2)CCO1. The highest BCUT2D eigenvalue weighted by molar-refractivity contribution is 5.85. The second kappa shape index (κ2) is 8.32. The lowest BCUT2D eigenvalue weighted by Crippen LogP contribution is -2.46. The molecule has 18 heavy (non-hydrogen) atoms. The highest BCUT2D eigenvalue weighted by Gasteiger charge is 2.18. The Morgan fingerprint density at radius 3 is 2.83 bits per heavy atom. The molecule has 0 amide bonds. The van der Waals surface area contributed by atoms with Crippen molar-refractivity contribution in [1.29, 1.82) is 0 Å². The maximum atomic E-state index is 5.66. The van der Waals surface area contributed by atoms with E-state index in [0.717, 1.165) is 32.0 Å². The molecule has 1 aromatic carbocycles. The van der Waals surface area contributed by atoms with Crippen LogP contribution in [0.5, 0.6) is 5.75 Å². The molecule has 1 aromatic rings. The summed E-state index contributed by atoms with van der Waals surface area (Å²) in [5.74, 6) is 0.927. The first-order valence-electron chi connectivity index (χ1n) is 6.10. The third-order valence-electron chi connectivity index (χ3n) is 2.91. The zero-order valence-corrected chi connectivity index (χ0v) is 11.3. The molecule has 1 saturated heterocycles. The molecule has 0 aliphatic carbocycles. The number of hydrogen-bond acceptors (Lipinski definition) is 4. The Morgan fingerprint density at radius 1 is 1.33 bits per heavy atom. The molecule has 1 aliphatic heterocycles. The van der Waals surface area contributed by atoms with Gasteiger partial charge in [0.05, 0.1) is 12.7 Å². The van der Waals surface area contributed by atoms with Gasteiger partial charge in [0.15, 0.2) is 0 Å². The Hall–Kier alpha value is -0.810. The lowest BCUT2D eigenvalue weighted by Gasteiger charge is -2.32. The number of nitrogens with two attached hydrogens (primary N) is 1. The van der Waals surface area contributed by atoms with Crippen LogP contribution in [0.4, 0.5) is 0 Å². The molecule has 4 nitrogen and oxygen atoms in total. The number of morpholine rings is 1. The topological polar surface area (TPSA) is 47.7 Å². The van der Waals surface area contributed by atoms with Crippen LogP contribution in [0.15, 0.2) is 30.3 Å². The van der Waals surface area contributed by atoms with E-state index in [9.17, 15) is 0 Å². The smallest absolute Gasteiger partial charge is 0.119 e. The van der Waals surface area contributed by atoms with E-state index in [0.29, 0.717) is 13.2 Å². The molecule has 1 atom stereocenters. The molecule has 1 heterocycles. The fraction of sp³-hybridized carbons (Fsp3) is 0.538. The number of nitrogens with zero attached hydrogens (tertiary/aromatic N) is 1. The molecule has 2 N–H and O–H groups in total. The van der Waals surface area contributed by atoms with Crippen molar-refractivity contribution in [3.63, 3.8) is 0 Å². The van der Waals surface area contributed by atoms with Gasteiger partial charge in [-0.2, -0.15) is 0 Å². The quantitative estimate of drug-likeness (QED) is 0.874. The number of para-hydroxylation sites is 1. The average molecular weight is 273 g/mol. The summed E-state index contributed by atoms with van der Waals surface area (Å²) in [5.41, 5.74) is 5.60. The molecule has 0 radical (unpaired) electrons. The number of hydrogen-bond donors (Lipinski definition) is 1. The summed E-state index contributed by atoms with van der Waals surface area (Å²) in [6.07, 6.45) is 0.181. The molecule has 1 aliphatic rings. The first kappa shape index (κ1) is 15.2. The van der Waals surface area contributed by atoms with Crippen molar-refractivity contribution in [2.45, 2.75) is 6.10 Å². The van der Waals surface area contributed by atoms with E-state index in [1.54, 1.807) is 0 Å².